The number of nitrogens with one attached hydrogen (secondary N) is 2. The third kappa shape index (κ3) is 2.44. The predicted molar refractivity (Wildman–Crippen MR) is 106 cm³/mol. The molecule has 0 atom stereocenters. The normalized spacial score (nSPS) is 11.4. The van der Waals surface area contributed by atoms with Crippen LogP contribution in [-0.2, 0) is 4.74 Å². The zero-order valence-electron chi connectivity index (χ0n) is 16.1. The number of aryl methyl sites for hydroxylation is 2. The van der Waals surface area contributed by atoms with Crippen LogP contribution in [0.15, 0.2) is 18.2 Å². The molecule has 0 unspecified atom stereocenters. The summed E-state index contributed by atoms with van der Waals surface area (Å²) in [7, 11) is 3.26. The average molecular weight is 366 g/mol. The Kier molecular flexibility index (Phi) is 3.98. The van der Waals surface area contributed by atoms with E-state index >= 15 is 0 Å². The van der Waals surface area contributed by atoms with E-state index in [1.807, 2.05) is 25.1 Å². The number of benzene rings is 2. The number of ether oxygens (including phenoxy) is 3. The van der Waals surface area contributed by atoms with E-state index in [-0.39, 0.29) is 5.97 Å². The Balaban J connectivity index is 2.06. The third-order valence-corrected chi connectivity index (χ3v) is 5.13. The van der Waals surface area contributed by atoms with Crippen LogP contribution in [0.3, 0.4) is 0 Å². The molecule has 0 aliphatic heterocycles. The Hall–Kier alpha value is -3.15. The first-order valence-corrected chi connectivity index (χ1v) is 8.86. The van der Waals surface area contributed by atoms with E-state index in [0.717, 1.165) is 43.8 Å². The first kappa shape index (κ1) is 17.3. The topological polar surface area (TPSA) is 76.3 Å². The van der Waals surface area contributed by atoms with Crippen LogP contribution in [0.5, 0.6) is 11.5 Å². The number of aromatic amines is 2. The predicted octanol–water partition coefficient (Wildman–Crippen LogP) is 4.61. The molecule has 0 saturated heterocycles. The summed E-state index contributed by atoms with van der Waals surface area (Å²) in [5.41, 5.74) is 5.38. The van der Waals surface area contributed by atoms with Gasteiger partial charge in [0.25, 0.3) is 0 Å². The number of fused-ring (bicyclic) bond motifs is 4. The third-order valence-electron chi connectivity index (χ3n) is 5.13. The zero-order chi connectivity index (χ0) is 19.3. The van der Waals surface area contributed by atoms with Gasteiger partial charge in [-0.3, -0.25) is 0 Å². The fourth-order valence-corrected chi connectivity index (χ4v) is 3.94. The van der Waals surface area contributed by atoms with E-state index in [9.17, 15) is 4.79 Å². The Bertz CT molecular complexity index is 1200. The molecular weight excluding hydrogens is 344 g/mol. The van der Waals surface area contributed by atoms with Gasteiger partial charge in [0.05, 0.1) is 26.3 Å². The molecule has 0 aliphatic carbocycles. The van der Waals surface area contributed by atoms with Crippen molar-refractivity contribution in [3.63, 3.8) is 0 Å². The molecule has 2 heterocycles. The van der Waals surface area contributed by atoms with Gasteiger partial charge in [-0.05, 0) is 44.0 Å². The van der Waals surface area contributed by atoms with Gasteiger partial charge in [-0.15, -0.1) is 0 Å². The molecule has 0 aliphatic rings. The van der Waals surface area contributed by atoms with E-state index in [2.05, 4.69) is 16.9 Å². The van der Waals surface area contributed by atoms with Crippen molar-refractivity contribution in [3.8, 4) is 11.5 Å². The van der Waals surface area contributed by atoms with Crippen LogP contribution in [0.4, 0.5) is 0 Å². The van der Waals surface area contributed by atoms with Crippen molar-refractivity contribution in [1.29, 1.82) is 0 Å². The van der Waals surface area contributed by atoms with Gasteiger partial charge < -0.3 is 24.2 Å². The van der Waals surface area contributed by atoms with Gasteiger partial charge in [-0.2, -0.15) is 0 Å². The van der Waals surface area contributed by atoms with Crippen LogP contribution in [0, 0.1) is 13.8 Å². The molecule has 4 aromatic rings. The lowest BCUT2D eigenvalue weighted by Crippen LogP contribution is -2.06. The van der Waals surface area contributed by atoms with Crippen LogP contribution in [-0.4, -0.2) is 36.8 Å². The summed E-state index contributed by atoms with van der Waals surface area (Å²) in [5.74, 6) is 1.04. The van der Waals surface area contributed by atoms with Crippen LogP contribution in [0.25, 0.3) is 32.7 Å². The fourth-order valence-electron chi connectivity index (χ4n) is 3.94. The molecule has 27 heavy (non-hydrogen) atoms. The summed E-state index contributed by atoms with van der Waals surface area (Å²) < 4.78 is 16.1. The minimum Gasteiger partial charge on any atom is -0.493 e. The van der Waals surface area contributed by atoms with Crippen molar-refractivity contribution < 1.29 is 19.0 Å². The quantitative estimate of drug-likeness (QED) is 0.517. The Labute approximate surface area is 156 Å². The summed E-state index contributed by atoms with van der Waals surface area (Å²) in [6, 6.07) is 5.96. The first-order chi connectivity index (χ1) is 13.0. The van der Waals surface area contributed by atoms with Gasteiger partial charge in [0, 0.05) is 33.3 Å². The molecule has 2 aromatic heterocycles. The largest absolute Gasteiger partial charge is 0.493 e. The molecule has 0 radical (unpaired) electrons. The number of aromatic nitrogens is 2. The van der Waals surface area contributed by atoms with E-state index in [1.165, 1.54) is 0 Å². The Morgan fingerprint density at radius 2 is 1.56 bits per heavy atom. The Morgan fingerprint density at radius 3 is 2.22 bits per heavy atom. The molecule has 0 saturated carbocycles. The lowest BCUT2D eigenvalue weighted by Gasteiger charge is -2.07. The maximum atomic E-state index is 12.3. The van der Waals surface area contributed by atoms with Crippen LogP contribution >= 0.6 is 0 Å². The van der Waals surface area contributed by atoms with Gasteiger partial charge in [0.2, 0.25) is 0 Å². The van der Waals surface area contributed by atoms with Crippen molar-refractivity contribution in [2.24, 2.45) is 0 Å². The second-order valence-corrected chi connectivity index (χ2v) is 6.57. The van der Waals surface area contributed by atoms with Gasteiger partial charge >= 0.3 is 5.97 Å². The highest BCUT2D eigenvalue weighted by atomic mass is 16.5. The number of carbonyl (C=O) groups excluding carboxylic acids is 1. The van der Waals surface area contributed by atoms with Crippen molar-refractivity contribution in [2.45, 2.75) is 20.8 Å². The number of H-pyrrole nitrogens is 2. The molecule has 0 fully saturated rings. The van der Waals surface area contributed by atoms with Gasteiger partial charge in [-0.25, -0.2) is 4.79 Å². The monoisotopic (exact) mass is 366 g/mol. The molecule has 0 bridgehead atoms. The highest BCUT2D eigenvalue weighted by molar-refractivity contribution is 6.16. The van der Waals surface area contributed by atoms with E-state index in [0.29, 0.717) is 23.8 Å². The molecule has 4 rings (SSSR count). The highest BCUT2D eigenvalue weighted by Crippen LogP contribution is 2.40. The van der Waals surface area contributed by atoms with Crippen LogP contribution in [0.1, 0.15) is 28.5 Å². The van der Waals surface area contributed by atoms with Gasteiger partial charge in [0.1, 0.15) is 5.69 Å². The summed E-state index contributed by atoms with van der Waals surface area (Å²) in [6.45, 7) is 6.17. The molecule has 0 spiro atoms. The summed E-state index contributed by atoms with van der Waals surface area (Å²) in [4.78, 5) is 18.9. The molecule has 2 aromatic carbocycles. The average Bonchev–Trinajstić information content (AvgIpc) is 3.18. The number of rotatable bonds is 4. The van der Waals surface area contributed by atoms with E-state index < -0.39 is 0 Å². The maximum absolute atomic E-state index is 12.3. The number of carbonyl (C=O) groups is 1. The van der Waals surface area contributed by atoms with Crippen LogP contribution < -0.4 is 9.47 Å². The van der Waals surface area contributed by atoms with Crippen molar-refractivity contribution in [2.75, 3.05) is 20.8 Å². The maximum Gasteiger partial charge on any atom is 0.355 e. The number of hydrogen-bond acceptors (Lipinski definition) is 4. The first-order valence-electron chi connectivity index (χ1n) is 8.86. The molecule has 140 valence electrons. The fraction of sp³-hybridized carbons (Fsp3) is 0.286. The number of hydrogen-bond donors (Lipinski definition) is 2. The minimum atomic E-state index is -0.328. The van der Waals surface area contributed by atoms with Crippen molar-refractivity contribution in [1.82, 2.24) is 9.97 Å². The highest BCUT2D eigenvalue weighted by Gasteiger charge is 2.20. The second kappa shape index (κ2) is 6.23. The zero-order valence-corrected chi connectivity index (χ0v) is 16.1. The summed E-state index contributed by atoms with van der Waals surface area (Å²) in [5, 5.41) is 3.21. The molecule has 6 heteroatoms. The van der Waals surface area contributed by atoms with Crippen LogP contribution in [0.2, 0.25) is 0 Å². The summed E-state index contributed by atoms with van der Waals surface area (Å²) >= 11 is 0. The summed E-state index contributed by atoms with van der Waals surface area (Å²) in [6.07, 6.45) is 0. The second-order valence-electron chi connectivity index (χ2n) is 6.57. The number of methoxy groups -OCH3 is 2. The van der Waals surface area contributed by atoms with Gasteiger partial charge in [-0.1, -0.05) is 0 Å². The lowest BCUT2D eigenvalue weighted by atomic mass is 10.0. The van der Waals surface area contributed by atoms with Gasteiger partial charge in [0.15, 0.2) is 11.5 Å². The molecule has 2 N–H and O–H groups in total. The SMILES string of the molecule is CCOC(=O)c1[nH]c2cc3[nH]c4cc(OC)c(OC)cc4c3c(C)c2c1C. The number of esters is 1. The van der Waals surface area contributed by atoms with E-state index in [4.69, 9.17) is 14.2 Å². The van der Waals surface area contributed by atoms with Crippen molar-refractivity contribution >= 4 is 38.7 Å². The Morgan fingerprint density at radius 1 is 0.889 bits per heavy atom. The molecule has 6 nitrogen and oxygen atoms in total. The standard InChI is InChI=1S/C21H22N2O4/c1-6-27-21(24)20-11(3)18-10(2)19-12-7-16(25-4)17(26-5)9-13(12)22-15(19)8-14(18)23-20/h7-9,22-23H,6H2,1-5H3. The van der Waals surface area contributed by atoms with E-state index in [1.54, 1.807) is 21.1 Å². The molecule has 0 amide bonds. The molecular formula is C21H22N2O4. The smallest absolute Gasteiger partial charge is 0.355 e. The minimum absolute atomic E-state index is 0.328. The van der Waals surface area contributed by atoms with Crippen molar-refractivity contribution in [3.05, 3.63) is 35.0 Å². The lowest BCUT2D eigenvalue weighted by molar-refractivity contribution is 0.0520.